The molecule has 2 aliphatic carbocycles. The molecule has 33 heavy (non-hydrogen) atoms. The molecule has 1 saturated carbocycles. The van der Waals surface area contributed by atoms with Crippen LogP contribution in [0, 0.1) is 11.8 Å². The number of H-pyrrole nitrogens is 1. The van der Waals surface area contributed by atoms with Gasteiger partial charge in [-0.15, -0.1) is 0 Å². The number of allylic oxidation sites excluding steroid dienone is 1. The molecule has 0 radical (unpaired) electrons. The standard InChI is InChI=1S/C25H28ClN5O2/c1-32-21-12-16(14-31-6-8-33-9-7-31)3-5-18(21)24-29-23-22(19(26)13-27-25(23)30-24)28-20-11-15-2-4-17(20)10-15/h2-5,12-13,15,17,20H,6-11,14H2,1H3,(H2,27,28,29,30). The Morgan fingerprint density at radius 1 is 1.24 bits per heavy atom. The van der Waals surface area contributed by atoms with Crippen LogP contribution in [0.4, 0.5) is 5.69 Å². The molecule has 2 bridgehead atoms. The van der Waals surface area contributed by atoms with Gasteiger partial charge in [-0.25, -0.2) is 9.97 Å². The first-order valence-corrected chi connectivity index (χ1v) is 12.0. The largest absolute Gasteiger partial charge is 0.496 e. The van der Waals surface area contributed by atoms with Crippen molar-refractivity contribution in [3.05, 3.63) is 47.1 Å². The SMILES string of the molecule is COc1cc(CN2CCOCC2)ccc1-c1nc2ncc(Cl)c(NC3CC4C=CC3C4)c2[nH]1. The molecule has 2 aromatic heterocycles. The predicted molar refractivity (Wildman–Crippen MR) is 130 cm³/mol. The van der Waals surface area contributed by atoms with Gasteiger partial charge < -0.3 is 19.8 Å². The van der Waals surface area contributed by atoms with Gasteiger partial charge in [-0.05, 0) is 42.4 Å². The molecule has 172 valence electrons. The van der Waals surface area contributed by atoms with E-state index in [1.807, 2.05) is 0 Å². The van der Waals surface area contributed by atoms with E-state index in [-0.39, 0.29) is 0 Å². The lowest BCUT2D eigenvalue weighted by molar-refractivity contribution is 0.0342. The number of imidazole rings is 1. The van der Waals surface area contributed by atoms with Crippen molar-refractivity contribution in [2.75, 3.05) is 38.7 Å². The van der Waals surface area contributed by atoms with E-state index in [1.54, 1.807) is 13.3 Å². The van der Waals surface area contributed by atoms with Gasteiger partial charge in [0.1, 0.15) is 17.1 Å². The molecule has 3 aromatic rings. The van der Waals surface area contributed by atoms with Crippen molar-refractivity contribution >= 4 is 28.5 Å². The molecule has 1 aromatic carbocycles. The molecule has 0 amide bonds. The fraction of sp³-hybridized carbons (Fsp3) is 0.440. The van der Waals surface area contributed by atoms with E-state index in [9.17, 15) is 0 Å². The first-order chi connectivity index (χ1) is 16.2. The van der Waals surface area contributed by atoms with Crippen LogP contribution in [0.15, 0.2) is 36.5 Å². The smallest absolute Gasteiger partial charge is 0.180 e. The number of morpholine rings is 1. The second-order valence-corrected chi connectivity index (χ2v) is 9.63. The number of fused-ring (bicyclic) bond motifs is 3. The van der Waals surface area contributed by atoms with E-state index in [0.717, 1.165) is 67.6 Å². The Kier molecular flexibility index (Phi) is 5.48. The van der Waals surface area contributed by atoms with Gasteiger partial charge in [0.2, 0.25) is 0 Å². The van der Waals surface area contributed by atoms with Crippen LogP contribution in [0.3, 0.4) is 0 Å². The Balaban J connectivity index is 1.30. The lowest BCUT2D eigenvalue weighted by atomic mass is 10.0. The van der Waals surface area contributed by atoms with Crippen LogP contribution < -0.4 is 10.1 Å². The number of aromatic amines is 1. The van der Waals surface area contributed by atoms with E-state index < -0.39 is 0 Å². The summed E-state index contributed by atoms with van der Waals surface area (Å²) >= 11 is 6.58. The maximum Gasteiger partial charge on any atom is 0.180 e. The average molecular weight is 466 g/mol. The van der Waals surface area contributed by atoms with Crippen LogP contribution in [0.5, 0.6) is 5.75 Å². The second-order valence-electron chi connectivity index (χ2n) is 9.22. The van der Waals surface area contributed by atoms with Crippen LogP contribution in [0.1, 0.15) is 18.4 Å². The minimum absolute atomic E-state index is 0.392. The summed E-state index contributed by atoms with van der Waals surface area (Å²) in [6.45, 7) is 4.36. The highest BCUT2D eigenvalue weighted by atomic mass is 35.5. The van der Waals surface area contributed by atoms with Crippen molar-refractivity contribution in [2.24, 2.45) is 11.8 Å². The van der Waals surface area contributed by atoms with Crippen LogP contribution in [-0.4, -0.2) is 59.3 Å². The van der Waals surface area contributed by atoms with E-state index >= 15 is 0 Å². The maximum atomic E-state index is 6.58. The zero-order chi connectivity index (χ0) is 22.4. The van der Waals surface area contributed by atoms with Crippen LogP contribution in [0.2, 0.25) is 5.02 Å². The highest BCUT2D eigenvalue weighted by Gasteiger charge is 2.36. The predicted octanol–water partition coefficient (Wildman–Crippen LogP) is 4.50. The molecule has 1 saturated heterocycles. The van der Waals surface area contributed by atoms with Crippen molar-refractivity contribution < 1.29 is 9.47 Å². The number of nitrogens with zero attached hydrogens (tertiary/aromatic N) is 3. The maximum absolute atomic E-state index is 6.58. The van der Waals surface area contributed by atoms with Crippen molar-refractivity contribution in [3.8, 4) is 17.1 Å². The van der Waals surface area contributed by atoms with Crippen LogP contribution in [-0.2, 0) is 11.3 Å². The van der Waals surface area contributed by atoms with Gasteiger partial charge in [-0.1, -0.05) is 29.8 Å². The number of ether oxygens (including phenoxy) is 2. The summed E-state index contributed by atoms with van der Waals surface area (Å²) in [6, 6.07) is 6.70. The van der Waals surface area contributed by atoms with E-state index in [1.165, 1.54) is 12.0 Å². The van der Waals surface area contributed by atoms with Gasteiger partial charge in [0.15, 0.2) is 5.65 Å². The number of hydrogen-bond acceptors (Lipinski definition) is 6. The average Bonchev–Trinajstić information content (AvgIpc) is 3.57. The zero-order valence-electron chi connectivity index (χ0n) is 18.7. The first-order valence-electron chi connectivity index (χ1n) is 11.6. The molecule has 3 heterocycles. The van der Waals surface area contributed by atoms with Crippen LogP contribution >= 0.6 is 11.6 Å². The molecule has 1 aliphatic heterocycles. The lowest BCUT2D eigenvalue weighted by Gasteiger charge is -2.26. The Labute approximate surface area is 198 Å². The number of pyridine rings is 1. The summed E-state index contributed by atoms with van der Waals surface area (Å²) in [5.41, 5.74) is 4.49. The number of anilines is 1. The van der Waals surface area contributed by atoms with Gasteiger partial charge in [-0.2, -0.15) is 0 Å². The van der Waals surface area contributed by atoms with Crippen molar-refractivity contribution in [2.45, 2.75) is 25.4 Å². The van der Waals surface area contributed by atoms with Gasteiger partial charge >= 0.3 is 0 Å². The molecule has 7 nitrogen and oxygen atoms in total. The van der Waals surface area contributed by atoms with E-state index in [4.69, 9.17) is 26.1 Å². The Morgan fingerprint density at radius 3 is 2.88 bits per heavy atom. The third-order valence-corrected chi connectivity index (χ3v) is 7.40. The topological polar surface area (TPSA) is 75.3 Å². The fourth-order valence-corrected chi connectivity index (χ4v) is 5.58. The van der Waals surface area contributed by atoms with Gasteiger partial charge in [0.05, 0.1) is 42.8 Å². The third kappa shape index (κ3) is 3.98. The van der Waals surface area contributed by atoms with Crippen LogP contribution in [0.25, 0.3) is 22.6 Å². The molecule has 3 aliphatic rings. The monoisotopic (exact) mass is 465 g/mol. The molecular formula is C25H28ClN5O2. The normalized spacial score (nSPS) is 24.6. The van der Waals surface area contributed by atoms with Gasteiger partial charge in [0, 0.05) is 25.7 Å². The number of benzene rings is 1. The quantitative estimate of drug-likeness (QED) is 0.522. The van der Waals surface area contributed by atoms with E-state index in [2.05, 4.69) is 50.5 Å². The highest BCUT2D eigenvalue weighted by Crippen LogP contribution is 2.42. The number of halogens is 1. The number of hydrogen-bond donors (Lipinski definition) is 2. The lowest BCUT2D eigenvalue weighted by Crippen LogP contribution is -2.35. The Hall–Kier alpha value is -2.61. The van der Waals surface area contributed by atoms with Gasteiger partial charge in [-0.3, -0.25) is 4.90 Å². The van der Waals surface area contributed by atoms with Crippen molar-refractivity contribution in [3.63, 3.8) is 0 Å². The number of nitrogens with one attached hydrogen (secondary N) is 2. The van der Waals surface area contributed by atoms with Gasteiger partial charge in [0.25, 0.3) is 0 Å². The summed E-state index contributed by atoms with van der Waals surface area (Å²) in [6.07, 6.45) is 8.73. The Morgan fingerprint density at radius 2 is 2.12 bits per heavy atom. The van der Waals surface area contributed by atoms with E-state index in [0.29, 0.717) is 28.5 Å². The summed E-state index contributed by atoms with van der Waals surface area (Å²) in [4.78, 5) is 15.1. The fourth-order valence-electron chi connectivity index (χ4n) is 5.38. The summed E-state index contributed by atoms with van der Waals surface area (Å²) in [5, 5.41) is 4.30. The van der Waals surface area contributed by atoms with Crippen molar-refractivity contribution in [1.29, 1.82) is 0 Å². The summed E-state index contributed by atoms with van der Waals surface area (Å²) in [5.74, 6) is 2.76. The Bertz CT molecular complexity index is 1200. The summed E-state index contributed by atoms with van der Waals surface area (Å²) < 4.78 is 11.2. The highest BCUT2D eigenvalue weighted by molar-refractivity contribution is 6.34. The molecule has 3 atom stereocenters. The molecule has 3 unspecified atom stereocenters. The zero-order valence-corrected chi connectivity index (χ0v) is 19.4. The van der Waals surface area contributed by atoms with Crippen molar-refractivity contribution in [1.82, 2.24) is 19.9 Å². The first kappa shape index (κ1) is 21.0. The molecule has 2 fully saturated rings. The third-order valence-electron chi connectivity index (χ3n) is 7.11. The molecule has 8 heteroatoms. The summed E-state index contributed by atoms with van der Waals surface area (Å²) in [7, 11) is 1.70. The number of methoxy groups -OCH3 is 1. The number of aromatic nitrogens is 3. The molecule has 6 rings (SSSR count). The minimum Gasteiger partial charge on any atom is -0.496 e. The molecule has 0 spiro atoms. The minimum atomic E-state index is 0.392. The number of rotatable bonds is 6. The second kappa shape index (κ2) is 8.63. The molecular weight excluding hydrogens is 438 g/mol. The molecule has 2 N–H and O–H groups in total.